The second kappa shape index (κ2) is 4.18. The zero-order valence-corrected chi connectivity index (χ0v) is 8.86. The minimum Gasteiger partial charge on any atom is -0.373 e. The van der Waals surface area contributed by atoms with Gasteiger partial charge in [0.05, 0.1) is 13.1 Å². The summed E-state index contributed by atoms with van der Waals surface area (Å²) in [6.07, 6.45) is 1.64. The van der Waals surface area contributed by atoms with Crippen LogP contribution in [0.4, 0.5) is 11.5 Å². The van der Waals surface area contributed by atoms with E-state index >= 15 is 0 Å². The molecule has 1 aromatic heterocycles. The van der Waals surface area contributed by atoms with Gasteiger partial charge in [-0.2, -0.15) is 0 Å². The first kappa shape index (κ1) is 10.4. The second-order valence-corrected chi connectivity index (χ2v) is 3.48. The fourth-order valence-corrected chi connectivity index (χ4v) is 1.57. The molecule has 2 amide bonds. The van der Waals surface area contributed by atoms with Crippen LogP contribution in [0.1, 0.15) is 0 Å². The van der Waals surface area contributed by atoms with Crippen molar-refractivity contribution < 1.29 is 9.59 Å². The number of imide groups is 1. The van der Waals surface area contributed by atoms with E-state index in [1.54, 1.807) is 30.3 Å². The minimum absolute atomic E-state index is 0.193. The quantitative estimate of drug-likeness (QED) is 0.662. The number of anilines is 2. The number of carbonyl (C=O) groups is 2. The number of nitrogens with one attached hydrogen (secondary N) is 2. The van der Waals surface area contributed by atoms with Crippen molar-refractivity contribution in [1.82, 2.24) is 10.3 Å². The Morgan fingerprint density at radius 1 is 1.38 bits per heavy atom. The van der Waals surface area contributed by atoms with E-state index in [-0.39, 0.29) is 24.9 Å². The highest BCUT2D eigenvalue weighted by Crippen LogP contribution is 2.17. The number of hydrogen-bond acceptors (Lipinski definition) is 5. The Morgan fingerprint density at radius 3 is 2.69 bits per heavy atom. The number of piperazine rings is 1. The molecule has 0 aromatic carbocycles. The highest BCUT2D eigenvalue weighted by atomic mass is 16.2. The van der Waals surface area contributed by atoms with Crippen LogP contribution < -0.4 is 15.5 Å². The zero-order chi connectivity index (χ0) is 11.5. The van der Waals surface area contributed by atoms with Gasteiger partial charge in [-0.3, -0.25) is 14.9 Å². The standard InChI is InChI=1S/C10H12N4O2/c1-11-8-4-7(2-3-12-8)14-5-9(15)13-10(16)6-14/h2-4H,5-6H2,1H3,(H,11,12)(H,13,15,16). The van der Waals surface area contributed by atoms with E-state index in [1.807, 2.05) is 0 Å². The third-order valence-electron chi connectivity index (χ3n) is 2.31. The summed E-state index contributed by atoms with van der Waals surface area (Å²) in [4.78, 5) is 28.2. The molecule has 0 unspecified atom stereocenters. The molecule has 1 aromatic rings. The number of nitrogens with zero attached hydrogens (tertiary/aromatic N) is 2. The molecule has 1 aliphatic heterocycles. The molecule has 16 heavy (non-hydrogen) atoms. The molecule has 6 heteroatoms. The van der Waals surface area contributed by atoms with Crippen LogP contribution in [0, 0.1) is 0 Å². The first-order chi connectivity index (χ1) is 7.69. The Balaban J connectivity index is 2.22. The summed E-state index contributed by atoms with van der Waals surface area (Å²) in [6.45, 7) is 0.387. The van der Waals surface area contributed by atoms with Crippen LogP contribution in [-0.2, 0) is 9.59 Å². The molecule has 1 fully saturated rings. The molecule has 0 atom stereocenters. The SMILES string of the molecule is CNc1cc(N2CC(=O)NC(=O)C2)ccn1. The number of aromatic nitrogens is 1. The summed E-state index contributed by atoms with van der Waals surface area (Å²) < 4.78 is 0. The molecule has 0 bridgehead atoms. The lowest BCUT2D eigenvalue weighted by Crippen LogP contribution is -2.51. The minimum atomic E-state index is -0.279. The van der Waals surface area contributed by atoms with Gasteiger partial charge >= 0.3 is 0 Å². The number of pyridine rings is 1. The molecule has 0 aliphatic carbocycles. The third-order valence-corrected chi connectivity index (χ3v) is 2.31. The topological polar surface area (TPSA) is 74.3 Å². The van der Waals surface area contributed by atoms with Gasteiger partial charge in [0.1, 0.15) is 5.82 Å². The molecule has 2 N–H and O–H groups in total. The van der Waals surface area contributed by atoms with Crippen molar-refractivity contribution in [2.24, 2.45) is 0 Å². The summed E-state index contributed by atoms with van der Waals surface area (Å²) in [5.41, 5.74) is 0.808. The molecule has 2 rings (SSSR count). The van der Waals surface area contributed by atoms with Gasteiger partial charge in [-0.1, -0.05) is 0 Å². The van der Waals surface area contributed by atoms with Gasteiger partial charge < -0.3 is 10.2 Å². The maximum absolute atomic E-state index is 11.2. The van der Waals surface area contributed by atoms with Crippen LogP contribution in [0.15, 0.2) is 18.3 Å². The molecular weight excluding hydrogens is 208 g/mol. The molecule has 84 valence electrons. The monoisotopic (exact) mass is 220 g/mol. The fraction of sp³-hybridized carbons (Fsp3) is 0.300. The van der Waals surface area contributed by atoms with Crippen molar-refractivity contribution in [1.29, 1.82) is 0 Å². The highest BCUT2D eigenvalue weighted by Gasteiger charge is 2.22. The van der Waals surface area contributed by atoms with Gasteiger partial charge in [-0.05, 0) is 6.07 Å². The Bertz CT molecular complexity index is 417. The van der Waals surface area contributed by atoms with Gasteiger partial charge in [-0.25, -0.2) is 4.98 Å². The fourth-order valence-electron chi connectivity index (χ4n) is 1.57. The van der Waals surface area contributed by atoms with Crippen LogP contribution in [0.25, 0.3) is 0 Å². The van der Waals surface area contributed by atoms with Crippen LogP contribution in [-0.4, -0.2) is 36.9 Å². The number of rotatable bonds is 2. The Morgan fingerprint density at radius 2 is 2.06 bits per heavy atom. The van der Waals surface area contributed by atoms with Gasteiger partial charge in [-0.15, -0.1) is 0 Å². The molecule has 6 nitrogen and oxygen atoms in total. The van der Waals surface area contributed by atoms with Crippen molar-refractivity contribution in [3.8, 4) is 0 Å². The van der Waals surface area contributed by atoms with E-state index in [2.05, 4.69) is 15.6 Å². The van der Waals surface area contributed by atoms with Crippen molar-refractivity contribution in [3.63, 3.8) is 0 Å². The van der Waals surface area contributed by atoms with Crippen molar-refractivity contribution >= 4 is 23.3 Å². The number of amides is 2. The summed E-state index contributed by atoms with van der Waals surface area (Å²) in [5.74, 6) is 0.147. The van der Waals surface area contributed by atoms with E-state index in [9.17, 15) is 9.59 Å². The van der Waals surface area contributed by atoms with Crippen molar-refractivity contribution in [3.05, 3.63) is 18.3 Å². The third kappa shape index (κ3) is 2.10. The smallest absolute Gasteiger partial charge is 0.246 e. The maximum Gasteiger partial charge on any atom is 0.246 e. The average molecular weight is 220 g/mol. The number of hydrogen-bond donors (Lipinski definition) is 2. The normalized spacial score (nSPS) is 15.9. The number of carbonyl (C=O) groups excluding carboxylic acids is 2. The van der Waals surface area contributed by atoms with E-state index in [0.717, 1.165) is 5.69 Å². The molecule has 0 radical (unpaired) electrons. The van der Waals surface area contributed by atoms with Crippen LogP contribution >= 0.6 is 0 Å². The molecule has 1 aliphatic rings. The average Bonchev–Trinajstić information content (AvgIpc) is 2.28. The molecule has 1 saturated heterocycles. The Kier molecular flexibility index (Phi) is 2.72. The molecule has 0 spiro atoms. The molecule has 2 heterocycles. The summed E-state index contributed by atoms with van der Waals surface area (Å²) in [5, 5.41) is 5.16. The second-order valence-electron chi connectivity index (χ2n) is 3.48. The molecule has 0 saturated carbocycles. The van der Waals surface area contributed by atoms with E-state index in [0.29, 0.717) is 5.82 Å². The van der Waals surface area contributed by atoms with Gasteiger partial charge in [0.25, 0.3) is 0 Å². The lowest BCUT2D eigenvalue weighted by atomic mass is 10.3. The predicted molar refractivity (Wildman–Crippen MR) is 59.1 cm³/mol. The van der Waals surface area contributed by atoms with Crippen LogP contribution in [0.2, 0.25) is 0 Å². The lowest BCUT2D eigenvalue weighted by Gasteiger charge is -2.27. The van der Waals surface area contributed by atoms with Gasteiger partial charge in [0.2, 0.25) is 11.8 Å². The first-order valence-electron chi connectivity index (χ1n) is 4.90. The van der Waals surface area contributed by atoms with E-state index < -0.39 is 0 Å². The predicted octanol–water partition coefficient (Wildman–Crippen LogP) is -0.414. The van der Waals surface area contributed by atoms with Crippen molar-refractivity contribution in [2.45, 2.75) is 0 Å². The largest absolute Gasteiger partial charge is 0.373 e. The Hall–Kier alpha value is -2.11. The van der Waals surface area contributed by atoms with Gasteiger partial charge in [0.15, 0.2) is 0 Å². The summed E-state index contributed by atoms with van der Waals surface area (Å²) in [6, 6.07) is 3.57. The summed E-state index contributed by atoms with van der Waals surface area (Å²) in [7, 11) is 1.76. The lowest BCUT2D eigenvalue weighted by molar-refractivity contribution is -0.130. The maximum atomic E-state index is 11.2. The Labute approximate surface area is 92.7 Å². The van der Waals surface area contributed by atoms with Crippen LogP contribution in [0.5, 0.6) is 0 Å². The van der Waals surface area contributed by atoms with Gasteiger partial charge in [0, 0.05) is 25.0 Å². The van der Waals surface area contributed by atoms with E-state index in [4.69, 9.17) is 0 Å². The molecular formula is C10H12N4O2. The zero-order valence-electron chi connectivity index (χ0n) is 8.86. The summed E-state index contributed by atoms with van der Waals surface area (Å²) >= 11 is 0. The van der Waals surface area contributed by atoms with Crippen molar-refractivity contribution in [2.75, 3.05) is 30.4 Å². The first-order valence-corrected chi connectivity index (χ1v) is 4.90. The van der Waals surface area contributed by atoms with Crippen LogP contribution in [0.3, 0.4) is 0 Å². The highest BCUT2D eigenvalue weighted by molar-refractivity contribution is 6.02. The van der Waals surface area contributed by atoms with E-state index in [1.165, 1.54) is 0 Å².